The number of nitrogens with one attached hydrogen (secondary N) is 2. The zero-order chi connectivity index (χ0) is 12.3. The molecule has 1 amide bonds. The van der Waals surface area contributed by atoms with Crippen LogP contribution in [0.3, 0.4) is 0 Å². The first-order valence-corrected chi connectivity index (χ1v) is 6.40. The van der Waals surface area contributed by atoms with Gasteiger partial charge < -0.3 is 5.32 Å². The lowest BCUT2D eigenvalue weighted by molar-refractivity contribution is -0.120. The van der Waals surface area contributed by atoms with Crippen LogP contribution in [0.5, 0.6) is 0 Å². The van der Waals surface area contributed by atoms with Gasteiger partial charge >= 0.3 is 0 Å². The summed E-state index contributed by atoms with van der Waals surface area (Å²) in [5, 5.41) is 5.66. The van der Waals surface area contributed by atoms with Crippen molar-refractivity contribution >= 4 is 17.7 Å². The Hall–Kier alpha value is -1.44. The highest BCUT2D eigenvalue weighted by atomic mass is 32.2. The Labute approximate surface area is 106 Å². The predicted octanol–water partition coefficient (Wildman–Crippen LogP) is 1.12. The van der Waals surface area contributed by atoms with Crippen molar-refractivity contribution in [3.05, 3.63) is 30.3 Å². The molecule has 1 aromatic carbocycles. The van der Waals surface area contributed by atoms with Crippen LogP contribution in [0.25, 0.3) is 0 Å². The van der Waals surface area contributed by atoms with E-state index in [0.717, 1.165) is 5.75 Å². The summed E-state index contributed by atoms with van der Waals surface area (Å²) in [6.45, 7) is 1.36. The molecule has 0 heterocycles. The Morgan fingerprint density at radius 3 is 2.82 bits per heavy atom. The van der Waals surface area contributed by atoms with E-state index in [9.17, 15) is 4.79 Å². The zero-order valence-corrected chi connectivity index (χ0v) is 10.4. The summed E-state index contributed by atoms with van der Waals surface area (Å²) < 4.78 is 0. The average molecular weight is 248 g/mol. The summed E-state index contributed by atoms with van der Waals surface area (Å²) in [6, 6.07) is 10.1. The van der Waals surface area contributed by atoms with E-state index in [2.05, 4.69) is 28.7 Å². The molecule has 0 atom stereocenters. The number of amides is 1. The molecule has 0 spiro atoms. The first-order valence-electron chi connectivity index (χ1n) is 5.41. The molecule has 90 valence electrons. The summed E-state index contributed by atoms with van der Waals surface area (Å²) in [7, 11) is 0. The lowest BCUT2D eigenvalue weighted by Gasteiger charge is -2.05. The van der Waals surface area contributed by atoms with Gasteiger partial charge in [-0.3, -0.25) is 10.1 Å². The Morgan fingerprint density at radius 2 is 2.12 bits per heavy atom. The van der Waals surface area contributed by atoms with E-state index in [1.54, 1.807) is 11.8 Å². The number of carbonyl (C=O) groups excluding carboxylic acids is 1. The molecule has 1 rings (SSSR count). The smallest absolute Gasteiger partial charge is 0.234 e. The fourth-order valence-corrected chi connectivity index (χ4v) is 1.98. The van der Waals surface area contributed by atoms with E-state index < -0.39 is 0 Å². The number of carbonyl (C=O) groups is 1. The second-order valence-electron chi connectivity index (χ2n) is 3.32. The lowest BCUT2D eigenvalue weighted by atomic mass is 10.4. The molecule has 0 aliphatic heterocycles. The predicted molar refractivity (Wildman–Crippen MR) is 71.9 cm³/mol. The van der Waals surface area contributed by atoms with Gasteiger partial charge in [-0.1, -0.05) is 24.1 Å². The highest BCUT2D eigenvalue weighted by Gasteiger charge is 1.98. The minimum atomic E-state index is -0.0195. The van der Waals surface area contributed by atoms with E-state index in [0.29, 0.717) is 13.1 Å². The van der Waals surface area contributed by atoms with Gasteiger partial charge in [-0.15, -0.1) is 18.2 Å². The summed E-state index contributed by atoms with van der Waals surface area (Å²) in [4.78, 5) is 12.5. The molecule has 0 aromatic heterocycles. The van der Waals surface area contributed by atoms with E-state index in [1.165, 1.54) is 4.90 Å². The number of hydrogen-bond acceptors (Lipinski definition) is 3. The molecular weight excluding hydrogens is 232 g/mol. The van der Waals surface area contributed by atoms with Gasteiger partial charge in [0, 0.05) is 17.2 Å². The molecule has 4 heteroatoms. The van der Waals surface area contributed by atoms with Crippen molar-refractivity contribution < 1.29 is 4.79 Å². The summed E-state index contributed by atoms with van der Waals surface area (Å²) >= 11 is 1.72. The van der Waals surface area contributed by atoms with Crippen LogP contribution in [0.15, 0.2) is 35.2 Å². The van der Waals surface area contributed by atoms with Gasteiger partial charge in [-0.2, -0.15) is 0 Å². The van der Waals surface area contributed by atoms with Crippen LogP contribution < -0.4 is 10.6 Å². The third kappa shape index (κ3) is 6.67. The average Bonchev–Trinajstić information content (AvgIpc) is 2.36. The maximum absolute atomic E-state index is 11.3. The van der Waals surface area contributed by atoms with E-state index >= 15 is 0 Å². The second kappa shape index (κ2) is 8.68. The molecule has 0 unspecified atom stereocenters. The van der Waals surface area contributed by atoms with Crippen LogP contribution in [-0.4, -0.2) is 31.3 Å². The molecule has 0 aliphatic carbocycles. The van der Waals surface area contributed by atoms with Gasteiger partial charge in [-0.25, -0.2) is 0 Å². The van der Waals surface area contributed by atoms with Crippen LogP contribution >= 0.6 is 11.8 Å². The van der Waals surface area contributed by atoms with Crippen LogP contribution in [0.2, 0.25) is 0 Å². The van der Waals surface area contributed by atoms with E-state index in [1.807, 2.05) is 18.2 Å². The topological polar surface area (TPSA) is 41.1 Å². The summed E-state index contributed by atoms with van der Waals surface area (Å²) in [5.74, 6) is 3.26. The van der Waals surface area contributed by atoms with Crippen molar-refractivity contribution in [1.29, 1.82) is 0 Å². The molecule has 1 aromatic rings. The Balaban J connectivity index is 2.04. The highest BCUT2D eigenvalue weighted by Crippen LogP contribution is 2.15. The molecule has 17 heavy (non-hydrogen) atoms. The number of rotatable bonds is 7. The van der Waals surface area contributed by atoms with Crippen LogP contribution in [-0.2, 0) is 4.79 Å². The number of terminal acetylenes is 1. The molecule has 2 N–H and O–H groups in total. The molecule has 0 saturated carbocycles. The van der Waals surface area contributed by atoms with Crippen molar-refractivity contribution in [3.63, 3.8) is 0 Å². The summed E-state index contributed by atoms with van der Waals surface area (Å²) in [5.41, 5.74) is 0. The van der Waals surface area contributed by atoms with Gasteiger partial charge in [0.2, 0.25) is 5.91 Å². The van der Waals surface area contributed by atoms with Crippen LogP contribution in [0.4, 0.5) is 0 Å². The van der Waals surface area contributed by atoms with Gasteiger partial charge in [0.15, 0.2) is 0 Å². The largest absolute Gasteiger partial charge is 0.354 e. The molecule has 0 saturated heterocycles. The minimum Gasteiger partial charge on any atom is -0.354 e. The third-order valence-electron chi connectivity index (χ3n) is 1.95. The number of benzene rings is 1. The maximum Gasteiger partial charge on any atom is 0.234 e. The standard InChI is InChI=1S/C13H16N2OS/c1-2-8-14-11-13(16)15-9-10-17-12-6-4-3-5-7-12/h1,3-7,14H,8-11H2,(H,15,16). The Morgan fingerprint density at radius 1 is 1.35 bits per heavy atom. The van der Waals surface area contributed by atoms with Crippen LogP contribution in [0.1, 0.15) is 0 Å². The van der Waals surface area contributed by atoms with Gasteiger partial charge in [0.25, 0.3) is 0 Å². The zero-order valence-electron chi connectivity index (χ0n) is 9.61. The Kier molecular flexibility index (Phi) is 6.96. The second-order valence-corrected chi connectivity index (χ2v) is 4.49. The first kappa shape index (κ1) is 13.6. The molecule has 0 fully saturated rings. The quantitative estimate of drug-likeness (QED) is 0.431. The van der Waals surface area contributed by atoms with Crippen LogP contribution in [0, 0.1) is 12.3 Å². The minimum absolute atomic E-state index is 0.0195. The molecule has 0 aliphatic rings. The molecule has 0 bridgehead atoms. The van der Waals surface area contributed by atoms with Crippen molar-refractivity contribution in [2.75, 3.05) is 25.4 Å². The fourth-order valence-electron chi connectivity index (χ4n) is 1.19. The SMILES string of the molecule is C#CCNCC(=O)NCCSc1ccccc1. The monoisotopic (exact) mass is 248 g/mol. The maximum atomic E-state index is 11.3. The van der Waals surface area contributed by atoms with Crippen molar-refractivity contribution in [1.82, 2.24) is 10.6 Å². The van der Waals surface area contributed by atoms with Crippen molar-refractivity contribution in [3.8, 4) is 12.3 Å². The fraction of sp³-hybridized carbons (Fsp3) is 0.308. The summed E-state index contributed by atoms with van der Waals surface area (Å²) in [6.07, 6.45) is 5.05. The number of hydrogen-bond donors (Lipinski definition) is 2. The first-order chi connectivity index (χ1) is 8.33. The van der Waals surface area contributed by atoms with Crippen molar-refractivity contribution in [2.24, 2.45) is 0 Å². The van der Waals surface area contributed by atoms with E-state index in [4.69, 9.17) is 6.42 Å². The van der Waals surface area contributed by atoms with Gasteiger partial charge in [0.1, 0.15) is 0 Å². The third-order valence-corrected chi connectivity index (χ3v) is 2.96. The van der Waals surface area contributed by atoms with Gasteiger partial charge in [0.05, 0.1) is 13.1 Å². The number of thioether (sulfide) groups is 1. The van der Waals surface area contributed by atoms with Gasteiger partial charge in [-0.05, 0) is 12.1 Å². The normalized spacial score (nSPS) is 9.59. The Bertz CT molecular complexity index is 373. The van der Waals surface area contributed by atoms with E-state index in [-0.39, 0.29) is 12.5 Å². The molecule has 0 radical (unpaired) electrons. The molecular formula is C13H16N2OS. The highest BCUT2D eigenvalue weighted by molar-refractivity contribution is 7.99. The molecule has 3 nitrogen and oxygen atoms in total. The van der Waals surface area contributed by atoms with Crippen molar-refractivity contribution in [2.45, 2.75) is 4.90 Å². The lowest BCUT2D eigenvalue weighted by Crippen LogP contribution is -2.35.